The highest BCUT2D eigenvalue weighted by Crippen LogP contribution is 2.26. The number of hydrogen-bond donors (Lipinski definition) is 2. The van der Waals surface area contributed by atoms with Crippen molar-refractivity contribution in [1.29, 1.82) is 0 Å². The van der Waals surface area contributed by atoms with Crippen LogP contribution in [0.3, 0.4) is 0 Å². The first-order valence-corrected chi connectivity index (χ1v) is 4.48. The number of rotatable bonds is 1. The van der Waals surface area contributed by atoms with Crippen LogP contribution in [0.2, 0.25) is 0 Å². The third kappa shape index (κ3) is 1.50. The summed E-state index contributed by atoms with van der Waals surface area (Å²) >= 11 is 0. The maximum atomic E-state index is 11.0. The predicted molar refractivity (Wildman–Crippen MR) is 56.7 cm³/mol. The highest BCUT2D eigenvalue weighted by atomic mass is 16.3. The number of phenols is 1. The molecule has 3 N–H and O–H groups in total. The fourth-order valence-electron chi connectivity index (χ4n) is 1.47. The standard InChI is InChI=1S/C11H10N2O2/c1-6-2-3-7-4-5-8(11(12)15)10(14)9(7)13-6/h2-5,14H,1H3,(H2,12,15). The number of amides is 1. The van der Waals surface area contributed by atoms with Gasteiger partial charge in [0, 0.05) is 11.1 Å². The molecule has 0 aliphatic rings. The van der Waals surface area contributed by atoms with E-state index in [1.807, 2.05) is 19.1 Å². The molecule has 0 spiro atoms. The molecule has 1 heterocycles. The molecule has 0 aliphatic carbocycles. The summed E-state index contributed by atoms with van der Waals surface area (Å²) in [4.78, 5) is 15.1. The second-order valence-electron chi connectivity index (χ2n) is 3.35. The fourth-order valence-corrected chi connectivity index (χ4v) is 1.47. The molecule has 0 aliphatic heterocycles. The van der Waals surface area contributed by atoms with Gasteiger partial charge in [-0.2, -0.15) is 0 Å². The van der Waals surface area contributed by atoms with Gasteiger partial charge in [-0.3, -0.25) is 4.79 Å². The Balaban J connectivity index is 2.82. The molecule has 0 bridgehead atoms. The lowest BCUT2D eigenvalue weighted by atomic mass is 10.1. The van der Waals surface area contributed by atoms with Gasteiger partial charge in [0.15, 0.2) is 5.75 Å². The highest BCUT2D eigenvalue weighted by Gasteiger charge is 2.11. The zero-order valence-electron chi connectivity index (χ0n) is 8.19. The normalized spacial score (nSPS) is 10.5. The smallest absolute Gasteiger partial charge is 0.252 e. The minimum Gasteiger partial charge on any atom is -0.505 e. The largest absolute Gasteiger partial charge is 0.505 e. The van der Waals surface area contributed by atoms with Gasteiger partial charge in [0.2, 0.25) is 0 Å². The van der Waals surface area contributed by atoms with Gasteiger partial charge in [0.1, 0.15) is 5.52 Å². The van der Waals surface area contributed by atoms with E-state index in [1.165, 1.54) is 6.07 Å². The molecule has 4 heteroatoms. The Morgan fingerprint density at radius 2 is 2.00 bits per heavy atom. The molecular weight excluding hydrogens is 192 g/mol. The van der Waals surface area contributed by atoms with Crippen LogP contribution in [0, 0.1) is 6.92 Å². The van der Waals surface area contributed by atoms with Crippen molar-refractivity contribution in [1.82, 2.24) is 4.98 Å². The van der Waals surface area contributed by atoms with Crippen LogP contribution in [0.5, 0.6) is 5.75 Å². The molecule has 1 amide bonds. The number of aromatic nitrogens is 1. The lowest BCUT2D eigenvalue weighted by Crippen LogP contribution is -2.11. The molecule has 0 atom stereocenters. The van der Waals surface area contributed by atoms with E-state index in [4.69, 9.17) is 5.73 Å². The van der Waals surface area contributed by atoms with Crippen LogP contribution in [0.15, 0.2) is 24.3 Å². The monoisotopic (exact) mass is 202 g/mol. The SMILES string of the molecule is Cc1ccc2ccc(C(N)=O)c(O)c2n1. The summed E-state index contributed by atoms with van der Waals surface area (Å²) in [6.07, 6.45) is 0. The quantitative estimate of drug-likeness (QED) is 0.732. The van der Waals surface area contributed by atoms with E-state index in [-0.39, 0.29) is 11.3 Å². The second-order valence-corrected chi connectivity index (χ2v) is 3.35. The molecule has 4 nitrogen and oxygen atoms in total. The topological polar surface area (TPSA) is 76.2 Å². The number of nitrogens with two attached hydrogens (primary N) is 1. The van der Waals surface area contributed by atoms with Gasteiger partial charge in [0.05, 0.1) is 5.56 Å². The molecule has 1 aromatic carbocycles. The van der Waals surface area contributed by atoms with E-state index in [0.29, 0.717) is 5.52 Å². The van der Waals surface area contributed by atoms with E-state index in [9.17, 15) is 9.90 Å². The number of carbonyl (C=O) groups is 1. The number of pyridine rings is 1. The highest BCUT2D eigenvalue weighted by molar-refractivity contribution is 6.01. The third-order valence-electron chi connectivity index (χ3n) is 2.24. The molecule has 0 saturated carbocycles. The molecule has 0 fully saturated rings. The Morgan fingerprint density at radius 1 is 1.33 bits per heavy atom. The number of primary amides is 1. The Morgan fingerprint density at radius 3 is 2.67 bits per heavy atom. The Hall–Kier alpha value is -2.10. The van der Waals surface area contributed by atoms with Gasteiger partial charge in [-0.05, 0) is 19.1 Å². The van der Waals surface area contributed by atoms with Crippen LogP contribution in [0.4, 0.5) is 0 Å². The van der Waals surface area contributed by atoms with Gasteiger partial charge in [-0.1, -0.05) is 12.1 Å². The van der Waals surface area contributed by atoms with E-state index < -0.39 is 5.91 Å². The van der Waals surface area contributed by atoms with E-state index in [0.717, 1.165) is 11.1 Å². The molecule has 2 aromatic rings. The number of hydrogen-bond acceptors (Lipinski definition) is 3. The Kier molecular flexibility index (Phi) is 2.04. The second kappa shape index (κ2) is 3.24. The van der Waals surface area contributed by atoms with E-state index in [2.05, 4.69) is 4.98 Å². The number of fused-ring (bicyclic) bond motifs is 1. The van der Waals surface area contributed by atoms with Gasteiger partial charge in [-0.25, -0.2) is 4.98 Å². The van der Waals surface area contributed by atoms with E-state index >= 15 is 0 Å². The summed E-state index contributed by atoms with van der Waals surface area (Å²) in [6, 6.07) is 6.88. The third-order valence-corrected chi connectivity index (χ3v) is 2.24. The van der Waals surface area contributed by atoms with Crippen LogP contribution >= 0.6 is 0 Å². The van der Waals surface area contributed by atoms with Crippen LogP contribution in [0.1, 0.15) is 16.1 Å². The average molecular weight is 202 g/mol. The van der Waals surface area contributed by atoms with E-state index in [1.54, 1.807) is 6.07 Å². The zero-order chi connectivity index (χ0) is 11.0. The van der Waals surface area contributed by atoms with Gasteiger partial charge < -0.3 is 10.8 Å². The van der Waals surface area contributed by atoms with Gasteiger partial charge in [0.25, 0.3) is 5.91 Å². The van der Waals surface area contributed by atoms with Crippen molar-refractivity contribution < 1.29 is 9.90 Å². The number of benzene rings is 1. The summed E-state index contributed by atoms with van der Waals surface area (Å²) in [5, 5.41) is 10.6. The number of aryl methyl sites for hydroxylation is 1. The summed E-state index contributed by atoms with van der Waals surface area (Å²) in [6.45, 7) is 1.82. The lowest BCUT2D eigenvalue weighted by Gasteiger charge is -2.04. The van der Waals surface area contributed by atoms with Crippen LogP contribution in [-0.2, 0) is 0 Å². The average Bonchev–Trinajstić information content (AvgIpc) is 2.19. The van der Waals surface area contributed by atoms with Gasteiger partial charge in [-0.15, -0.1) is 0 Å². The molecule has 76 valence electrons. The summed E-state index contributed by atoms with van der Waals surface area (Å²) in [7, 11) is 0. The zero-order valence-corrected chi connectivity index (χ0v) is 8.19. The molecule has 15 heavy (non-hydrogen) atoms. The Labute approximate surface area is 86.4 Å². The molecule has 0 radical (unpaired) electrons. The maximum Gasteiger partial charge on any atom is 0.252 e. The minimum absolute atomic E-state index is 0.0978. The predicted octanol–water partition coefficient (Wildman–Crippen LogP) is 1.35. The van der Waals surface area contributed by atoms with Crippen molar-refractivity contribution in [3.8, 4) is 5.75 Å². The van der Waals surface area contributed by atoms with Crippen LogP contribution in [0.25, 0.3) is 10.9 Å². The molecular formula is C11H10N2O2. The minimum atomic E-state index is -0.655. The summed E-state index contributed by atoms with van der Waals surface area (Å²) in [5.74, 6) is -0.804. The van der Waals surface area contributed by atoms with Crippen molar-refractivity contribution >= 4 is 16.8 Å². The Bertz CT molecular complexity index is 550. The maximum absolute atomic E-state index is 11.0. The van der Waals surface area contributed by atoms with Crippen molar-refractivity contribution in [2.75, 3.05) is 0 Å². The first kappa shape index (κ1) is 9.45. The van der Waals surface area contributed by atoms with Gasteiger partial charge >= 0.3 is 0 Å². The first-order valence-electron chi connectivity index (χ1n) is 4.48. The lowest BCUT2D eigenvalue weighted by molar-refractivity contribution is 0.0998. The molecule has 1 aromatic heterocycles. The molecule has 0 saturated heterocycles. The molecule has 0 unspecified atom stereocenters. The van der Waals surface area contributed by atoms with Crippen molar-refractivity contribution in [3.05, 3.63) is 35.5 Å². The summed E-state index contributed by atoms with van der Waals surface area (Å²) < 4.78 is 0. The van der Waals surface area contributed by atoms with Crippen molar-refractivity contribution in [2.24, 2.45) is 5.73 Å². The van der Waals surface area contributed by atoms with Crippen molar-refractivity contribution in [3.63, 3.8) is 0 Å². The molecule has 2 rings (SSSR count). The van der Waals surface area contributed by atoms with Crippen LogP contribution < -0.4 is 5.73 Å². The fraction of sp³-hybridized carbons (Fsp3) is 0.0909. The van der Waals surface area contributed by atoms with Crippen molar-refractivity contribution in [2.45, 2.75) is 6.92 Å². The number of carbonyl (C=O) groups excluding carboxylic acids is 1. The first-order chi connectivity index (χ1) is 7.09. The summed E-state index contributed by atoms with van der Waals surface area (Å²) in [5.41, 5.74) is 6.40. The van der Waals surface area contributed by atoms with Crippen LogP contribution in [-0.4, -0.2) is 16.0 Å². The number of nitrogens with zero attached hydrogens (tertiary/aromatic N) is 1. The number of aromatic hydroxyl groups is 1.